The van der Waals surface area contributed by atoms with Crippen molar-refractivity contribution in [2.24, 2.45) is 0 Å². The lowest BCUT2D eigenvalue weighted by Gasteiger charge is -2.12. The van der Waals surface area contributed by atoms with E-state index < -0.39 is 0 Å². The molecule has 0 aliphatic heterocycles. The molecule has 1 aromatic carbocycles. The average molecular weight is 288 g/mol. The third-order valence-electron chi connectivity index (χ3n) is 3.15. The van der Waals surface area contributed by atoms with Gasteiger partial charge in [-0.1, -0.05) is 6.92 Å². The first-order chi connectivity index (χ1) is 10.0. The molecular formula is C15H17FN4O. The van der Waals surface area contributed by atoms with Gasteiger partial charge in [-0.2, -0.15) is 0 Å². The van der Waals surface area contributed by atoms with E-state index in [1.54, 1.807) is 12.1 Å². The lowest BCUT2D eigenvalue weighted by atomic mass is 10.1. The number of carbonyl (C=O) groups is 1. The Hall–Kier alpha value is -2.50. The lowest BCUT2D eigenvalue weighted by Crippen LogP contribution is -2.33. The Bertz CT molecular complexity index is 643. The molecule has 0 fully saturated rings. The second kappa shape index (κ2) is 6.30. The third-order valence-corrected chi connectivity index (χ3v) is 3.15. The van der Waals surface area contributed by atoms with E-state index in [0.717, 1.165) is 6.42 Å². The van der Waals surface area contributed by atoms with E-state index in [4.69, 9.17) is 5.73 Å². The van der Waals surface area contributed by atoms with Crippen LogP contribution in [0.2, 0.25) is 0 Å². The minimum atomic E-state index is -0.363. The Morgan fingerprint density at radius 1 is 1.38 bits per heavy atom. The number of hydrogen-bond donors (Lipinski definition) is 2. The van der Waals surface area contributed by atoms with E-state index in [2.05, 4.69) is 15.3 Å². The van der Waals surface area contributed by atoms with Crippen molar-refractivity contribution in [2.75, 3.05) is 5.73 Å². The third kappa shape index (κ3) is 3.53. The highest BCUT2D eigenvalue weighted by molar-refractivity contribution is 5.96. The van der Waals surface area contributed by atoms with Gasteiger partial charge in [0.15, 0.2) is 11.5 Å². The van der Waals surface area contributed by atoms with Crippen molar-refractivity contribution in [1.82, 2.24) is 15.3 Å². The second-order valence-electron chi connectivity index (χ2n) is 4.78. The van der Waals surface area contributed by atoms with Crippen LogP contribution in [0.25, 0.3) is 11.3 Å². The van der Waals surface area contributed by atoms with Gasteiger partial charge in [-0.25, -0.2) is 14.4 Å². The Balaban J connectivity index is 2.33. The second-order valence-corrected chi connectivity index (χ2v) is 4.78. The Morgan fingerprint density at radius 2 is 2.05 bits per heavy atom. The largest absolute Gasteiger partial charge is 0.382 e. The highest BCUT2D eigenvalue weighted by Gasteiger charge is 2.16. The van der Waals surface area contributed by atoms with Crippen molar-refractivity contribution < 1.29 is 9.18 Å². The smallest absolute Gasteiger partial charge is 0.273 e. The summed E-state index contributed by atoms with van der Waals surface area (Å²) in [6, 6.07) is 5.82. The molecule has 1 aromatic heterocycles. The molecule has 0 aliphatic carbocycles. The summed E-state index contributed by atoms with van der Waals surface area (Å²) in [5.41, 5.74) is 6.93. The molecule has 0 spiro atoms. The maximum absolute atomic E-state index is 12.9. The molecule has 21 heavy (non-hydrogen) atoms. The number of aromatic nitrogens is 2. The summed E-state index contributed by atoms with van der Waals surface area (Å²) in [5, 5.41) is 2.79. The van der Waals surface area contributed by atoms with Crippen LogP contribution in [0.4, 0.5) is 10.2 Å². The van der Waals surface area contributed by atoms with Crippen LogP contribution in [-0.4, -0.2) is 21.9 Å². The fourth-order valence-electron chi connectivity index (χ4n) is 1.72. The molecule has 2 rings (SSSR count). The maximum Gasteiger partial charge on any atom is 0.273 e. The molecule has 5 nitrogen and oxygen atoms in total. The van der Waals surface area contributed by atoms with Crippen LogP contribution < -0.4 is 11.1 Å². The van der Waals surface area contributed by atoms with Gasteiger partial charge in [-0.15, -0.1) is 0 Å². The van der Waals surface area contributed by atoms with Crippen LogP contribution in [0.5, 0.6) is 0 Å². The Labute approximate surface area is 122 Å². The van der Waals surface area contributed by atoms with E-state index >= 15 is 0 Å². The summed E-state index contributed by atoms with van der Waals surface area (Å²) in [4.78, 5) is 20.3. The highest BCUT2D eigenvalue weighted by Crippen LogP contribution is 2.18. The quantitative estimate of drug-likeness (QED) is 0.905. The zero-order valence-electron chi connectivity index (χ0n) is 11.9. The van der Waals surface area contributed by atoms with Crippen LogP contribution in [0, 0.1) is 5.82 Å². The standard InChI is InChI=1S/C15H17FN4O/c1-3-9(2)19-15(21)13-14(17)18-8-12(20-13)10-4-6-11(16)7-5-10/h4-9H,3H2,1-2H3,(H2,17,18)(H,19,21). The molecule has 0 saturated heterocycles. The van der Waals surface area contributed by atoms with Crippen LogP contribution in [0.1, 0.15) is 30.8 Å². The molecule has 0 radical (unpaired) electrons. The van der Waals surface area contributed by atoms with Crippen LogP contribution in [0.3, 0.4) is 0 Å². The van der Waals surface area contributed by atoms with Gasteiger partial charge in [0.25, 0.3) is 5.91 Å². The molecule has 1 amide bonds. The Morgan fingerprint density at radius 3 is 2.67 bits per heavy atom. The highest BCUT2D eigenvalue weighted by atomic mass is 19.1. The SMILES string of the molecule is CCC(C)NC(=O)c1nc(-c2ccc(F)cc2)cnc1N. The van der Waals surface area contributed by atoms with Gasteiger partial charge in [0, 0.05) is 11.6 Å². The number of halogens is 1. The van der Waals surface area contributed by atoms with Crippen molar-refractivity contribution in [3.05, 3.63) is 42.0 Å². The minimum absolute atomic E-state index is 0.0215. The molecular weight excluding hydrogens is 271 g/mol. The van der Waals surface area contributed by atoms with Crippen LogP contribution in [-0.2, 0) is 0 Å². The summed E-state index contributed by atoms with van der Waals surface area (Å²) in [5.74, 6) is -0.628. The van der Waals surface area contributed by atoms with Crippen molar-refractivity contribution in [3.8, 4) is 11.3 Å². The van der Waals surface area contributed by atoms with E-state index in [1.807, 2.05) is 13.8 Å². The van der Waals surface area contributed by atoms with Crippen molar-refractivity contribution in [2.45, 2.75) is 26.3 Å². The van der Waals surface area contributed by atoms with Gasteiger partial charge in [0.1, 0.15) is 5.82 Å². The molecule has 2 aromatic rings. The van der Waals surface area contributed by atoms with Crippen molar-refractivity contribution in [3.63, 3.8) is 0 Å². The fraction of sp³-hybridized carbons (Fsp3) is 0.267. The number of nitrogens with two attached hydrogens (primary N) is 1. The molecule has 1 atom stereocenters. The topological polar surface area (TPSA) is 80.9 Å². The van der Waals surface area contributed by atoms with E-state index in [0.29, 0.717) is 11.3 Å². The summed E-state index contributed by atoms with van der Waals surface area (Å²) in [6.45, 7) is 3.86. The van der Waals surface area contributed by atoms with E-state index in [-0.39, 0.29) is 29.3 Å². The first kappa shape index (κ1) is 14.9. The molecule has 0 bridgehead atoms. The number of carbonyl (C=O) groups excluding carboxylic acids is 1. The Kier molecular flexibility index (Phi) is 4.47. The number of nitrogens with one attached hydrogen (secondary N) is 1. The maximum atomic E-state index is 12.9. The summed E-state index contributed by atoms with van der Waals surface area (Å²) in [6.07, 6.45) is 2.26. The molecule has 0 saturated carbocycles. The number of hydrogen-bond acceptors (Lipinski definition) is 4. The summed E-state index contributed by atoms with van der Waals surface area (Å²) < 4.78 is 12.9. The van der Waals surface area contributed by atoms with Gasteiger partial charge in [0.2, 0.25) is 0 Å². The van der Waals surface area contributed by atoms with Crippen LogP contribution in [0.15, 0.2) is 30.5 Å². The zero-order valence-corrected chi connectivity index (χ0v) is 11.9. The van der Waals surface area contributed by atoms with Gasteiger partial charge >= 0.3 is 0 Å². The molecule has 1 unspecified atom stereocenters. The van der Waals surface area contributed by atoms with Gasteiger partial charge in [-0.3, -0.25) is 4.79 Å². The number of benzene rings is 1. The summed E-state index contributed by atoms with van der Waals surface area (Å²) in [7, 11) is 0. The van der Waals surface area contributed by atoms with Crippen molar-refractivity contribution in [1.29, 1.82) is 0 Å². The van der Waals surface area contributed by atoms with Gasteiger partial charge in [0.05, 0.1) is 11.9 Å². The molecule has 110 valence electrons. The van der Waals surface area contributed by atoms with E-state index in [1.165, 1.54) is 18.3 Å². The van der Waals surface area contributed by atoms with Crippen molar-refractivity contribution >= 4 is 11.7 Å². The number of nitrogen functional groups attached to an aromatic ring is 1. The first-order valence-corrected chi connectivity index (χ1v) is 6.70. The normalized spacial score (nSPS) is 12.0. The predicted molar refractivity (Wildman–Crippen MR) is 79.1 cm³/mol. The minimum Gasteiger partial charge on any atom is -0.382 e. The number of amides is 1. The van der Waals surface area contributed by atoms with E-state index in [9.17, 15) is 9.18 Å². The number of nitrogens with zero attached hydrogens (tertiary/aromatic N) is 2. The molecule has 0 aliphatic rings. The average Bonchev–Trinajstić information content (AvgIpc) is 2.48. The zero-order chi connectivity index (χ0) is 15.4. The first-order valence-electron chi connectivity index (χ1n) is 6.70. The number of rotatable bonds is 4. The van der Waals surface area contributed by atoms with Gasteiger partial charge in [-0.05, 0) is 37.6 Å². The van der Waals surface area contributed by atoms with Crippen LogP contribution >= 0.6 is 0 Å². The molecule has 1 heterocycles. The monoisotopic (exact) mass is 288 g/mol. The summed E-state index contributed by atoms with van der Waals surface area (Å²) >= 11 is 0. The molecule has 6 heteroatoms. The molecule has 3 N–H and O–H groups in total. The van der Waals surface area contributed by atoms with Gasteiger partial charge < -0.3 is 11.1 Å². The fourth-order valence-corrected chi connectivity index (χ4v) is 1.72. The number of anilines is 1. The lowest BCUT2D eigenvalue weighted by molar-refractivity contribution is 0.0935. The predicted octanol–water partition coefficient (Wildman–Crippen LogP) is 2.39.